The number of benzene rings is 1. The van der Waals surface area contributed by atoms with Crippen LogP contribution in [0.5, 0.6) is 5.75 Å². The number of ether oxygens (including phenoxy) is 2. The van der Waals surface area contributed by atoms with Crippen molar-refractivity contribution in [3.63, 3.8) is 0 Å². The summed E-state index contributed by atoms with van der Waals surface area (Å²) in [7, 11) is 0. The van der Waals surface area contributed by atoms with Crippen LogP contribution in [-0.4, -0.2) is 25.9 Å². The standard InChI is InChI=1S/C17H26BrNO2/c1-13(2)10-19-11-14-9-15(18)6-7-17(14)21-12-16-5-3-4-8-20-16/h6-7,9,13,16,19H,3-5,8,10-12H2,1-2H3. The molecule has 1 aromatic carbocycles. The van der Waals surface area contributed by atoms with Gasteiger partial charge in [-0.2, -0.15) is 0 Å². The van der Waals surface area contributed by atoms with Gasteiger partial charge in [0, 0.05) is 23.2 Å². The van der Waals surface area contributed by atoms with Crippen LogP contribution in [0, 0.1) is 5.92 Å². The summed E-state index contributed by atoms with van der Waals surface area (Å²) < 4.78 is 12.8. The first-order valence-corrected chi connectivity index (χ1v) is 8.68. The predicted molar refractivity (Wildman–Crippen MR) is 89.8 cm³/mol. The quantitative estimate of drug-likeness (QED) is 0.796. The summed E-state index contributed by atoms with van der Waals surface area (Å²) >= 11 is 3.54. The van der Waals surface area contributed by atoms with Crippen molar-refractivity contribution in [1.29, 1.82) is 0 Å². The van der Waals surface area contributed by atoms with E-state index in [4.69, 9.17) is 9.47 Å². The Morgan fingerprint density at radius 2 is 2.24 bits per heavy atom. The smallest absolute Gasteiger partial charge is 0.124 e. The predicted octanol–water partition coefficient (Wildman–Crippen LogP) is 4.14. The normalized spacial score (nSPS) is 19.0. The molecule has 0 saturated carbocycles. The highest BCUT2D eigenvalue weighted by atomic mass is 79.9. The Morgan fingerprint density at radius 3 is 2.95 bits per heavy atom. The minimum absolute atomic E-state index is 0.249. The van der Waals surface area contributed by atoms with E-state index in [0.29, 0.717) is 12.5 Å². The van der Waals surface area contributed by atoms with E-state index in [1.807, 2.05) is 12.1 Å². The molecule has 1 N–H and O–H groups in total. The van der Waals surface area contributed by atoms with Crippen molar-refractivity contribution in [2.24, 2.45) is 5.92 Å². The molecule has 1 aromatic rings. The second-order valence-electron chi connectivity index (χ2n) is 6.08. The van der Waals surface area contributed by atoms with Crippen LogP contribution in [0.2, 0.25) is 0 Å². The Morgan fingerprint density at radius 1 is 1.38 bits per heavy atom. The van der Waals surface area contributed by atoms with Crippen molar-refractivity contribution in [1.82, 2.24) is 5.32 Å². The molecule has 21 heavy (non-hydrogen) atoms. The Labute approximate surface area is 136 Å². The Balaban J connectivity index is 1.90. The number of hydrogen-bond donors (Lipinski definition) is 1. The first-order valence-electron chi connectivity index (χ1n) is 7.88. The molecule has 1 aliphatic heterocycles. The van der Waals surface area contributed by atoms with Gasteiger partial charge in [0.05, 0.1) is 6.10 Å². The van der Waals surface area contributed by atoms with E-state index < -0.39 is 0 Å². The summed E-state index contributed by atoms with van der Waals surface area (Å²) in [6, 6.07) is 6.20. The van der Waals surface area contributed by atoms with E-state index in [2.05, 4.69) is 41.2 Å². The Hall–Kier alpha value is -0.580. The van der Waals surface area contributed by atoms with Crippen molar-refractivity contribution >= 4 is 15.9 Å². The van der Waals surface area contributed by atoms with Crippen LogP contribution < -0.4 is 10.1 Å². The maximum atomic E-state index is 6.00. The minimum Gasteiger partial charge on any atom is -0.491 e. The van der Waals surface area contributed by atoms with Gasteiger partial charge in [-0.05, 0) is 49.9 Å². The summed E-state index contributed by atoms with van der Waals surface area (Å²) in [5.74, 6) is 1.61. The molecule has 0 radical (unpaired) electrons. The number of rotatable bonds is 7. The third-order valence-corrected chi connectivity index (χ3v) is 4.08. The molecule has 1 atom stereocenters. The fourth-order valence-electron chi connectivity index (χ4n) is 2.44. The lowest BCUT2D eigenvalue weighted by atomic mass is 10.1. The largest absolute Gasteiger partial charge is 0.491 e. The van der Waals surface area contributed by atoms with Crippen LogP contribution in [-0.2, 0) is 11.3 Å². The molecule has 1 heterocycles. The zero-order chi connectivity index (χ0) is 15.1. The lowest BCUT2D eigenvalue weighted by Crippen LogP contribution is -2.26. The van der Waals surface area contributed by atoms with Crippen LogP contribution in [0.3, 0.4) is 0 Å². The maximum absolute atomic E-state index is 6.00. The Bertz CT molecular complexity index is 431. The molecule has 0 amide bonds. The molecule has 0 aliphatic carbocycles. The summed E-state index contributed by atoms with van der Waals surface area (Å²) in [5, 5.41) is 3.47. The van der Waals surface area contributed by atoms with Gasteiger partial charge in [-0.1, -0.05) is 29.8 Å². The molecule has 1 saturated heterocycles. The molecule has 4 heteroatoms. The van der Waals surface area contributed by atoms with E-state index >= 15 is 0 Å². The van der Waals surface area contributed by atoms with E-state index in [0.717, 1.165) is 36.3 Å². The molecule has 1 aliphatic rings. The molecule has 2 rings (SSSR count). The van der Waals surface area contributed by atoms with E-state index in [9.17, 15) is 0 Å². The zero-order valence-electron chi connectivity index (χ0n) is 13.0. The van der Waals surface area contributed by atoms with Crippen molar-refractivity contribution < 1.29 is 9.47 Å². The summed E-state index contributed by atoms with van der Waals surface area (Å²) in [4.78, 5) is 0. The second kappa shape index (κ2) is 8.76. The first-order chi connectivity index (χ1) is 10.1. The van der Waals surface area contributed by atoms with Crippen molar-refractivity contribution in [3.8, 4) is 5.75 Å². The molecule has 118 valence electrons. The molecule has 0 aromatic heterocycles. The minimum atomic E-state index is 0.249. The van der Waals surface area contributed by atoms with Gasteiger partial charge in [-0.3, -0.25) is 0 Å². The third-order valence-electron chi connectivity index (χ3n) is 3.59. The van der Waals surface area contributed by atoms with Gasteiger partial charge in [-0.15, -0.1) is 0 Å². The number of halogens is 1. The average Bonchev–Trinajstić information content (AvgIpc) is 2.47. The highest BCUT2D eigenvalue weighted by Crippen LogP contribution is 2.24. The van der Waals surface area contributed by atoms with Gasteiger partial charge in [0.15, 0.2) is 0 Å². The molecular weight excluding hydrogens is 330 g/mol. The van der Waals surface area contributed by atoms with E-state index in [1.54, 1.807) is 0 Å². The van der Waals surface area contributed by atoms with Gasteiger partial charge >= 0.3 is 0 Å². The SMILES string of the molecule is CC(C)CNCc1cc(Br)ccc1OCC1CCCCO1. The average molecular weight is 356 g/mol. The highest BCUT2D eigenvalue weighted by molar-refractivity contribution is 9.10. The number of nitrogens with one attached hydrogen (secondary N) is 1. The van der Waals surface area contributed by atoms with Gasteiger partial charge in [0.2, 0.25) is 0 Å². The Kier molecular flexibility index (Phi) is 7.00. The lowest BCUT2D eigenvalue weighted by Gasteiger charge is -2.23. The fraction of sp³-hybridized carbons (Fsp3) is 0.647. The van der Waals surface area contributed by atoms with Crippen LogP contribution in [0.25, 0.3) is 0 Å². The van der Waals surface area contributed by atoms with Crippen molar-refractivity contribution in [2.75, 3.05) is 19.8 Å². The maximum Gasteiger partial charge on any atom is 0.124 e. The monoisotopic (exact) mass is 355 g/mol. The molecule has 0 spiro atoms. The van der Waals surface area contributed by atoms with Gasteiger partial charge in [-0.25, -0.2) is 0 Å². The topological polar surface area (TPSA) is 30.5 Å². The molecule has 1 unspecified atom stereocenters. The van der Waals surface area contributed by atoms with Crippen LogP contribution >= 0.6 is 15.9 Å². The molecule has 1 fully saturated rings. The first kappa shape index (κ1) is 16.8. The van der Waals surface area contributed by atoms with Gasteiger partial charge in [0.1, 0.15) is 12.4 Å². The summed E-state index contributed by atoms with van der Waals surface area (Å²) in [5.41, 5.74) is 1.20. The molecular formula is C17H26BrNO2. The van der Waals surface area contributed by atoms with Crippen LogP contribution in [0.15, 0.2) is 22.7 Å². The van der Waals surface area contributed by atoms with E-state index in [-0.39, 0.29) is 6.10 Å². The van der Waals surface area contributed by atoms with Crippen LogP contribution in [0.1, 0.15) is 38.7 Å². The summed E-state index contributed by atoms with van der Waals surface area (Å²) in [6.07, 6.45) is 3.78. The fourth-order valence-corrected chi connectivity index (χ4v) is 2.85. The highest BCUT2D eigenvalue weighted by Gasteiger charge is 2.15. The molecule has 3 nitrogen and oxygen atoms in total. The third kappa shape index (κ3) is 5.97. The van der Waals surface area contributed by atoms with E-state index in [1.165, 1.54) is 18.4 Å². The van der Waals surface area contributed by atoms with Gasteiger partial charge in [0.25, 0.3) is 0 Å². The lowest BCUT2D eigenvalue weighted by molar-refractivity contribution is -0.0112. The van der Waals surface area contributed by atoms with Crippen molar-refractivity contribution in [3.05, 3.63) is 28.2 Å². The van der Waals surface area contributed by atoms with Crippen LogP contribution in [0.4, 0.5) is 0 Å². The zero-order valence-corrected chi connectivity index (χ0v) is 14.6. The van der Waals surface area contributed by atoms with Crippen molar-refractivity contribution in [2.45, 2.75) is 45.8 Å². The number of hydrogen-bond acceptors (Lipinski definition) is 3. The molecule has 0 bridgehead atoms. The second-order valence-corrected chi connectivity index (χ2v) is 6.99. The van der Waals surface area contributed by atoms with Gasteiger partial charge < -0.3 is 14.8 Å². The summed E-state index contributed by atoms with van der Waals surface area (Å²) in [6.45, 7) is 7.80.